The van der Waals surface area contributed by atoms with Gasteiger partial charge in [-0.3, -0.25) is 0 Å². The lowest BCUT2D eigenvalue weighted by molar-refractivity contribution is 0.207. The van der Waals surface area contributed by atoms with Gasteiger partial charge in [0, 0.05) is 6.04 Å². The van der Waals surface area contributed by atoms with Crippen LogP contribution in [0.15, 0.2) is 0 Å². The van der Waals surface area contributed by atoms with E-state index in [4.69, 9.17) is 18.0 Å². The van der Waals surface area contributed by atoms with E-state index in [1.165, 1.54) is 0 Å². The van der Waals surface area contributed by atoms with E-state index in [0.717, 1.165) is 19.4 Å². The second kappa shape index (κ2) is 6.33. The number of hydrogen-bond donors (Lipinski definition) is 1. The average Bonchev–Trinajstić information content (AvgIpc) is 2.02. The normalized spacial score (nSPS) is 13.7. The number of nitrogens with two attached hydrogens (primary N) is 1. The standard InChI is InChI=1S/C10H22N2S/c1-8(2)9(3)12(4)7-5-6-10(11)13/h8-9H,5-7H2,1-4H3,(H2,11,13). The van der Waals surface area contributed by atoms with E-state index in [0.29, 0.717) is 16.9 Å². The zero-order valence-corrected chi connectivity index (χ0v) is 10.0. The van der Waals surface area contributed by atoms with E-state index in [9.17, 15) is 0 Å². The lowest BCUT2D eigenvalue weighted by Gasteiger charge is -2.27. The Labute approximate surface area is 87.5 Å². The van der Waals surface area contributed by atoms with E-state index in [1.807, 2.05) is 0 Å². The Bertz CT molecular complexity index is 157. The van der Waals surface area contributed by atoms with Crippen LogP contribution in [-0.4, -0.2) is 29.5 Å². The van der Waals surface area contributed by atoms with Gasteiger partial charge in [0.25, 0.3) is 0 Å². The van der Waals surface area contributed by atoms with E-state index >= 15 is 0 Å². The third-order valence-electron chi connectivity index (χ3n) is 2.59. The van der Waals surface area contributed by atoms with Crippen LogP contribution in [0.2, 0.25) is 0 Å². The summed E-state index contributed by atoms with van der Waals surface area (Å²) in [5, 5.41) is 0. The predicted molar refractivity (Wildman–Crippen MR) is 62.9 cm³/mol. The van der Waals surface area contributed by atoms with E-state index in [1.54, 1.807) is 0 Å². The summed E-state index contributed by atoms with van der Waals surface area (Å²) < 4.78 is 0. The van der Waals surface area contributed by atoms with Crippen molar-refractivity contribution in [2.75, 3.05) is 13.6 Å². The topological polar surface area (TPSA) is 29.3 Å². The molecule has 0 aromatic heterocycles. The SMILES string of the molecule is CC(C)C(C)N(C)CCCC(N)=S. The molecule has 3 heteroatoms. The first kappa shape index (κ1) is 12.8. The highest BCUT2D eigenvalue weighted by Crippen LogP contribution is 2.08. The van der Waals surface area contributed by atoms with Crippen LogP contribution < -0.4 is 5.73 Å². The minimum absolute atomic E-state index is 0.630. The molecule has 0 aromatic rings. The fraction of sp³-hybridized carbons (Fsp3) is 0.900. The van der Waals surface area contributed by atoms with E-state index < -0.39 is 0 Å². The molecule has 0 aliphatic rings. The van der Waals surface area contributed by atoms with Crippen LogP contribution in [0.3, 0.4) is 0 Å². The third kappa shape index (κ3) is 5.99. The Morgan fingerprint density at radius 3 is 2.31 bits per heavy atom. The molecule has 0 rings (SSSR count). The fourth-order valence-corrected chi connectivity index (χ4v) is 1.36. The molecule has 0 spiro atoms. The zero-order valence-electron chi connectivity index (χ0n) is 9.21. The van der Waals surface area contributed by atoms with Crippen molar-refractivity contribution in [3.05, 3.63) is 0 Å². The Kier molecular flexibility index (Phi) is 6.25. The molecule has 2 nitrogen and oxygen atoms in total. The van der Waals surface area contributed by atoms with Crippen molar-refractivity contribution in [3.63, 3.8) is 0 Å². The summed E-state index contributed by atoms with van der Waals surface area (Å²) in [6, 6.07) is 0.631. The van der Waals surface area contributed by atoms with Gasteiger partial charge in [-0.1, -0.05) is 26.1 Å². The Morgan fingerprint density at radius 2 is 1.92 bits per heavy atom. The molecule has 0 radical (unpaired) electrons. The molecule has 0 aromatic carbocycles. The molecule has 1 unspecified atom stereocenters. The molecule has 13 heavy (non-hydrogen) atoms. The van der Waals surface area contributed by atoms with Crippen molar-refractivity contribution >= 4 is 17.2 Å². The maximum Gasteiger partial charge on any atom is 0.0727 e. The Morgan fingerprint density at radius 1 is 1.38 bits per heavy atom. The van der Waals surface area contributed by atoms with Crippen molar-refractivity contribution in [2.24, 2.45) is 11.7 Å². The summed E-state index contributed by atoms with van der Waals surface area (Å²) in [5.74, 6) is 0.704. The Balaban J connectivity index is 3.61. The molecule has 1 atom stereocenters. The number of hydrogen-bond acceptors (Lipinski definition) is 2. The van der Waals surface area contributed by atoms with Crippen LogP contribution in [0.5, 0.6) is 0 Å². The Hall–Kier alpha value is -0.150. The largest absolute Gasteiger partial charge is 0.393 e. The summed E-state index contributed by atoms with van der Waals surface area (Å²) in [6.45, 7) is 7.82. The van der Waals surface area contributed by atoms with Gasteiger partial charge in [-0.05, 0) is 39.3 Å². The molecule has 0 bridgehead atoms. The highest BCUT2D eigenvalue weighted by Gasteiger charge is 2.11. The lowest BCUT2D eigenvalue weighted by Crippen LogP contribution is -2.34. The molecule has 2 N–H and O–H groups in total. The highest BCUT2D eigenvalue weighted by atomic mass is 32.1. The van der Waals surface area contributed by atoms with Gasteiger partial charge >= 0.3 is 0 Å². The molecular formula is C10H22N2S. The number of thiocarbonyl (C=S) groups is 1. The average molecular weight is 202 g/mol. The third-order valence-corrected chi connectivity index (χ3v) is 2.80. The smallest absolute Gasteiger partial charge is 0.0727 e. The molecule has 0 aliphatic carbocycles. The first-order chi connectivity index (χ1) is 5.95. The van der Waals surface area contributed by atoms with Crippen molar-refractivity contribution in [1.82, 2.24) is 4.90 Å². The van der Waals surface area contributed by atoms with Crippen molar-refractivity contribution in [2.45, 2.75) is 39.7 Å². The van der Waals surface area contributed by atoms with Gasteiger partial charge in [-0.15, -0.1) is 0 Å². The minimum Gasteiger partial charge on any atom is -0.393 e. The highest BCUT2D eigenvalue weighted by molar-refractivity contribution is 7.80. The van der Waals surface area contributed by atoms with Crippen molar-refractivity contribution in [1.29, 1.82) is 0 Å². The van der Waals surface area contributed by atoms with Crippen LogP contribution in [0, 0.1) is 5.92 Å². The van der Waals surface area contributed by atoms with Crippen LogP contribution >= 0.6 is 12.2 Å². The zero-order chi connectivity index (χ0) is 10.4. The van der Waals surface area contributed by atoms with Crippen LogP contribution in [0.1, 0.15) is 33.6 Å². The summed E-state index contributed by atoms with van der Waals surface area (Å²) in [5.41, 5.74) is 5.43. The fourth-order valence-electron chi connectivity index (χ4n) is 1.22. The minimum atomic E-state index is 0.630. The van der Waals surface area contributed by atoms with Gasteiger partial charge in [-0.2, -0.15) is 0 Å². The van der Waals surface area contributed by atoms with Gasteiger partial charge in [0.2, 0.25) is 0 Å². The summed E-state index contributed by atoms with van der Waals surface area (Å²) >= 11 is 4.82. The quantitative estimate of drug-likeness (QED) is 0.668. The van der Waals surface area contributed by atoms with Gasteiger partial charge in [0.15, 0.2) is 0 Å². The molecule has 0 saturated carbocycles. The van der Waals surface area contributed by atoms with Gasteiger partial charge in [-0.25, -0.2) is 0 Å². The maximum atomic E-state index is 5.43. The number of nitrogens with zero attached hydrogens (tertiary/aromatic N) is 1. The van der Waals surface area contributed by atoms with E-state index in [2.05, 4.69) is 32.7 Å². The van der Waals surface area contributed by atoms with Gasteiger partial charge in [0.05, 0.1) is 4.99 Å². The monoisotopic (exact) mass is 202 g/mol. The summed E-state index contributed by atoms with van der Waals surface area (Å²) in [6.07, 6.45) is 1.94. The molecule has 78 valence electrons. The first-order valence-corrected chi connectivity index (χ1v) is 5.34. The van der Waals surface area contributed by atoms with Crippen LogP contribution in [0.25, 0.3) is 0 Å². The molecule has 0 amide bonds. The molecule has 0 fully saturated rings. The molecule has 0 saturated heterocycles. The van der Waals surface area contributed by atoms with Crippen LogP contribution in [0.4, 0.5) is 0 Å². The number of rotatable bonds is 6. The van der Waals surface area contributed by atoms with Crippen molar-refractivity contribution < 1.29 is 0 Å². The molecule has 0 heterocycles. The summed E-state index contributed by atoms with van der Waals surface area (Å²) in [4.78, 5) is 2.99. The van der Waals surface area contributed by atoms with Gasteiger partial charge < -0.3 is 10.6 Å². The van der Waals surface area contributed by atoms with Gasteiger partial charge in [0.1, 0.15) is 0 Å². The second-order valence-corrected chi connectivity index (χ2v) is 4.56. The molecular weight excluding hydrogens is 180 g/mol. The van der Waals surface area contributed by atoms with Crippen molar-refractivity contribution in [3.8, 4) is 0 Å². The van der Waals surface area contributed by atoms with E-state index in [-0.39, 0.29) is 0 Å². The lowest BCUT2D eigenvalue weighted by atomic mass is 10.1. The van der Waals surface area contributed by atoms with Crippen LogP contribution in [-0.2, 0) is 0 Å². The first-order valence-electron chi connectivity index (χ1n) is 4.93. The molecule has 0 aliphatic heterocycles. The summed E-state index contributed by atoms with van der Waals surface area (Å²) in [7, 11) is 2.16. The maximum absolute atomic E-state index is 5.43. The second-order valence-electron chi connectivity index (χ2n) is 4.04. The predicted octanol–water partition coefficient (Wildman–Crippen LogP) is 2.03.